The van der Waals surface area contributed by atoms with Crippen molar-refractivity contribution < 1.29 is 55.3 Å². The number of rotatable bonds is 13. The third-order valence-electron chi connectivity index (χ3n) is 12.4. The highest BCUT2D eigenvalue weighted by Gasteiger charge is 2.66. The maximum Gasteiger partial charge on any atom is 0.389 e. The van der Waals surface area contributed by atoms with Crippen LogP contribution in [-0.2, 0) is 25.1 Å². The second-order valence-electron chi connectivity index (χ2n) is 17.6. The van der Waals surface area contributed by atoms with Gasteiger partial charge in [-0.1, -0.05) is 49.8 Å². The number of hydrogen-bond acceptors (Lipinski definition) is 10. The van der Waals surface area contributed by atoms with Crippen LogP contribution in [0.25, 0.3) is 22.3 Å². The van der Waals surface area contributed by atoms with E-state index in [1.54, 1.807) is 18.2 Å². The van der Waals surface area contributed by atoms with Crippen LogP contribution < -0.4 is 25.4 Å². The predicted octanol–water partition coefficient (Wildman–Crippen LogP) is 9.73. The lowest BCUT2D eigenvalue weighted by Crippen LogP contribution is -2.55. The molecular weight excluding hydrogens is 930 g/mol. The van der Waals surface area contributed by atoms with Gasteiger partial charge in [-0.25, -0.2) is 18.7 Å². The third kappa shape index (κ3) is 11.2. The minimum atomic E-state index is -4.63. The number of halogens is 6. The Labute approximate surface area is 388 Å². The van der Waals surface area contributed by atoms with Gasteiger partial charge in [0.25, 0.3) is 0 Å². The fraction of sp³-hybridized carbons (Fsp3) is 0.533. The summed E-state index contributed by atoms with van der Waals surface area (Å²) in [6.07, 6.45) is -4.82. The normalized spacial score (nSPS) is 23.8. The Hall–Kier alpha value is -4.58. The number of fused-ring (bicyclic) bond motifs is 3. The zero-order valence-electron chi connectivity index (χ0n) is 36.7. The summed E-state index contributed by atoms with van der Waals surface area (Å²) in [5, 5.41) is 10.1. The lowest BCUT2D eigenvalue weighted by atomic mass is 10.0. The van der Waals surface area contributed by atoms with E-state index in [-0.39, 0.29) is 42.6 Å². The number of amides is 3. The van der Waals surface area contributed by atoms with Gasteiger partial charge in [0, 0.05) is 47.7 Å². The number of carbonyl (C=O) groups excluding carboxylic acids is 3. The first-order valence-electron chi connectivity index (χ1n) is 22.1. The first kappa shape index (κ1) is 49.3. The van der Waals surface area contributed by atoms with Crippen LogP contribution in [0.15, 0.2) is 41.8 Å². The number of benzene rings is 2. The van der Waals surface area contributed by atoms with Gasteiger partial charge in [0.1, 0.15) is 57.3 Å². The van der Waals surface area contributed by atoms with Gasteiger partial charge in [-0.2, -0.15) is 13.2 Å². The van der Waals surface area contributed by atoms with Crippen LogP contribution in [0.2, 0.25) is 5.02 Å². The summed E-state index contributed by atoms with van der Waals surface area (Å²) in [7, 11) is -3.17. The largest absolute Gasteiger partial charge is 0.495 e. The number of ether oxygens (including phenoxy) is 2. The summed E-state index contributed by atoms with van der Waals surface area (Å²) in [4.78, 5) is 65.2. The summed E-state index contributed by atoms with van der Waals surface area (Å²) in [6, 6.07) is 5.64. The number of alkyl halides is 3. The summed E-state index contributed by atoms with van der Waals surface area (Å²) in [5.41, 5.74) is 0.628. The van der Waals surface area contributed by atoms with Crippen LogP contribution in [0.4, 0.5) is 27.1 Å². The van der Waals surface area contributed by atoms with Crippen molar-refractivity contribution in [2.24, 2.45) is 5.92 Å². The SMILES string of the molecule is COc1ccc2c(OC3C[C@H]4C(=O)N[C@]5(P(=O)(O)Cc6c(F)cccc6F)C[C@H]5CCCCCCC[C@H](NC(=O)CCCC(F)(F)F)C(=O)N4C3)cc(-c3csc(NC(C)C)n3)nc2c1Cl. The molecule has 358 valence electrons. The zero-order valence-corrected chi connectivity index (χ0v) is 39.2. The van der Waals surface area contributed by atoms with E-state index in [0.717, 1.165) is 18.2 Å². The topological polar surface area (TPSA) is 172 Å². The van der Waals surface area contributed by atoms with E-state index in [9.17, 15) is 45.8 Å². The quantitative estimate of drug-likeness (QED) is 0.0747. The van der Waals surface area contributed by atoms with Crippen LogP contribution in [-0.4, -0.2) is 86.8 Å². The number of hydrogen-bond donors (Lipinski definition) is 4. The van der Waals surface area contributed by atoms with E-state index in [1.165, 1.54) is 23.3 Å². The summed E-state index contributed by atoms with van der Waals surface area (Å²) in [6.45, 7) is 3.73. The van der Waals surface area contributed by atoms with Crippen molar-refractivity contribution in [3.05, 3.63) is 64.0 Å². The highest BCUT2D eigenvalue weighted by Crippen LogP contribution is 2.71. The molecular formula is C45H53ClF5N6O7PS. The van der Waals surface area contributed by atoms with Gasteiger partial charge < -0.3 is 35.2 Å². The molecule has 0 bridgehead atoms. The molecule has 1 saturated carbocycles. The van der Waals surface area contributed by atoms with E-state index in [1.807, 2.05) is 19.2 Å². The molecule has 13 nitrogen and oxygen atoms in total. The Kier molecular flexibility index (Phi) is 15.2. The van der Waals surface area contributed by atoms with Crippen LogP contribution in [0.1, 0.15) is 96.5 Å². The van der Waals surface area contributed by atoms with Crippen molar-refractivity contribution in [2.75, 3.05) is 19.0 Å². The van der Waals surface area contributed by atoms with Crippen LogP contribution in [0.3, 0.4) is 0 Å². The molecule has 66 heavy (non-hydrogen) atoms. The fourth-order valence-corrected chi connectivity index (χ4v) is 12.6. The molecule has 2 unspecified atom stereocenters. The Morgan fingerprint density at radius 3 is 2.47 bits per heavy atom. The molecule has 3 aliphatic rings. The fourth-order valence-electron chi connectivity index (χ4n) is 8.96. The molecule has 6 atom stereocenters. The van der Waals surface area contributed by atoms with Gasteiger partial charge in [-0.05, 0) is 69.7 Å². The van der Waals surface area contributed by atoms with Crippen LogP contribution in [0.5, 0.6) is 11.5 Å². The number of methoxy groups -OCH3 is 1. The lowest BCUT2D eigenvalue weighted by molar-refractivity contribution is -0.142. The molecule has 2 aromatic carbocycles. The Morgan fingerprint density at radius 1 is 1.06 bits per heavy atom. The van der Waals surface area contributed by atoms with Crippen molar-refractivity contribution in [3.8, 4) is 22.9 Å². The van der Waals surface area contributed by atoms with Gasteiger partial charge in [0.15, 0.2) is 5.13 Å². The maximum atomic E-state index is 14.9. The number of carbonyl (C=O) groups is 3. The molecule has 2 saturated heterocycles. The number of thiazole rings is 1. The minimum absolute atomic E-state index is 0.0564. The maximum absolute atomic E-state index is 14.9. The van der Waals surface area contributed by atoms with E-state index in [0.29, 0.717) is 71.7 Å². The highest BCUT2D eigenvalue weighted by atomic mass is 35.5. The molecule has 21 heteroatoms. The van der Waals surface area contributed by atoms with E-state index >= 15 is 0 Å². The summed E-state index contributed by atoms with van der Waals surface area (Å²) >= 11 is 8.19. The smallest absolute Gasteiger partial charge is 0.389 e. The molecule has 3 amide bonds. The molecule has 7 rings (SSSR count). The number of aromatic nitrogens is 2. The monoisotopic (exact) mass is 982 g/mol. The molecule has 4 aromatic rings. The van der Waals surface area contributed by atoms with E-state index in [2.05, 4.69) is 16.0 Å². The van der Waals surface area contributed by atoms with Crippen molar-refractivity contribution in [2.45, 2.75) is 133 Å². The molecule has 4 N–H and O–H groups in total. The van der Waals surface area contributed by atoms with Crippen molar-refractivity contribution >= 4 is 64.1 Å². The lowest BCUT2D eigenvalue weighted by Gasteiger charge is -2.31. The highest BCUT2D eigenvalue weighted by molar-refractivity contribution is 7.59. The average molecular weight is 983 g/mol. The number of nitrogens with one attached hydrogen (secondary N) is 3. The van der Waals surface area contributed by atoms with Gasteiger partial charge in [-0.15, -0.1) is 11.3 Å². The third-order valence-corrected chi connectivity index (χ3v) is 16.2. The average Bonchev–Trinajstić information content (AvgIpc) is 3.51. The molecule has 2 aliphatic heterocycles. The standard InChI is InChI=1S/C45H53ClF5N6O7PS/c1-25(2)52-43-55-34(24-66-43)33-20-37(28-16-17-36(63-3)39(46)40(28)54-33)64-27-19-35-41(59)56-44(65(61,62)23-29-30(47)12-9-13-31(29)48)21-26(44)11-7-5-4-6-8-14-32(42(60)57(35)22-27)53-38(58)15-10-18-45(49,50)51/h9,12-13,16-17,20,24-27,32,35H,4-8,10-11,14-15,18-19,21-23H2,1-3H3,(H,52,55)(H,53,58)(H,56,59)(H,61,62)/t26-,27?,32+,35+,44+/m1/s1. The summed E-state index contributed by atoms with van der Waals surface area (Å²) < 4.78 is 95.5. The van der Waals surface area contributed by atoms with Crippen molar-refractivity contribution in [3.63, 3.8) is 0 Å². The first-order chi connectivity index (χ1) is 31.3. The molecule has 0 radical (unpaired) electrons. The minimum Gasteiger partial charge on any atom is -0.495 e. The number of nitrogens with zero attached hydrogens (tertiary/aromatic N) is 3. The second-order valence-corrected chi connectivity index (χ2v) is 21.4. The molecule has 2 aromatic heterocycles. The van der Waals surface area contributed by atoms with Gasteiger partial charge in [-0.3, -0.25) is 18.9 Å². The molecule has 3 fully saturated rings. The van der Waals surface area contributed by atoms with Gasteiger partial charge in [0.05, 0.1) is 31.0 Å². The predicted molar refractivity (Wildman–Crippen MR) is 241 cm³/mol. The second kappa shape index (κ2) is 20.3. The Morgan fingerprint density at radius 2 is 1.77 bits per heavy atom. The van der Waals surface area contributed by atoms with E-state index < -0.39 is 103 Å². The summed E-state index contributed by atoms with van der Waals surface area (Å²) in [5.74, 6) is -4.18. The molecule has 0 spiro atoms. The van der Waals surface area contributed by atoms with Crippen LogP contribution in [0, 0.1) is 17.6 Å². The first-order valence-corrected chi connectivity index (χ1v) is 25.2. The van der Waals surface area contributed by atoms with Crippen molar-refractivity contribution in [1.29, 1.82) is 0 Å². The van der Waals surface area contributed by atoms with Gasteiger partial charge in [0.2, 0.25) is 25.1 Å². The van der Waals surface area contributed by atoms with E-state index in [4.69, 9.17) is 31.0 Å². The Bertz CT molecular complexity index is 2480. The van der Waals surface area contributed by atoms with Crippen molar-refractivity contribution in [1.82, 2.24) is 25.5 Å². The number of anilines is 1. The molecule has 4 heterocycles. The Balaban J connectivity index is 1.25. The number of pyridine rings is 1. The molecule has 1 aliphatic carbocycles. The zero-order chi connectivity index (χ0) is 47.6. The van der Waals surface area contributed by atoms with Gasteiger partial charge >= 0.3 is 6.18 Å². The van der Waals surface area contributed by atoms with Crippen LogP contribution >= 0.6 is 30.3 Å².